The van der Waals surface area contributed by atoms with Crippen molar-refractivity contribution in [2.75, 3.05) is 11.1 Å². The highest BCUT2D eigenvalue weighted by atomic mass is 19.4. The van der Waals surface area contributed by atoms with Crippen LogP contribution >= 0.6 is 0 Å². The van der Waals surface area contributed by atoms with Crippen LogP contribution in [0.2, 0.25) is 0 Å². The summed E-state index contributed by atoms with van der Waals surface area (Å²) in [5.41, 5.74) is 13.1. The Morgan fingerprint density at radius 2 is 2.00 bits per heavy atom. The minimum absolute atomic E-state index is 0.0296. The molecule has 0 aliphatic rings. The number of H-pyrrole nitrogens is 1. The first-order valence-corrected chi connectivity index (χ1v) is 8.72. The summed E-state index contributed by atoms with van der Waals surface area (Å²) >= 11 is 0. The van der Waals surface area contributed by atoms with Gasteiger partial charge in [-0.3, -0.25) is 9.89 Å². The van der Waals surface area contributed by atoms with Crippen molar-refractivity contribution in [1.29, 1.82) is 5.41 Å². The van der Waals surface area contributed by atoms with Gasteiger partial charge in [0.2, 0.25) is 17.6 Å². The van der Waals surface area contributed by atoms with E-state index in [-0.39, 0.29) is 17.5 Å². The van der Waals surface area contributed by atoms with E-state index in [1.807, 2.05) is 0 Å². The molecule has 0 radical (unpaired) electrons. The lowest BCUT2D eigenvalue weighted by molar-refractivity contribution is -0.144. The van der Waals surface area contributed by atoms with Crippen LogP contribution in [0.5, 0.6) is 0 Å². The minimum Gasteiger partial charge on any atom is -0.398 e. The molecule has 1 amide bonds. The van der Waals surface area contributed by atoms with Gasteiger partial charge in [0.05, 0.1) is 17.6 Å². The third-order valence-electron chi connectivity index (χ3n) is 3.77. The lowest BCUT2D eigenvalue weighted by Gasteiger charge is -2.03. The van der Waals surface area contributed by atoms with Crippen LogP contribution in [0.4, 0.5) is 30.4 Å². The van der Waals surface area contributed by atoms with E-state index >= 15 is 0 Å². The molecule has 0 bridgehead atoms. The van der Waals surface area contributed by atoms with Gasteiger partial charge in [-0.25, -0.2) is 15.0 Å². The van der Waals surface area contributed by atoms with E-state index in [4.69, 9.17) is 16.9 Å². The molecule has 2 heterocycles. The average Bonchev–Trinajstić information content (AvgIpc) is 3.25. The number of guanidine groups is 1. The Bertz CT molecular complexity index is 1220. The zero-order valence-corrected chi connectivity index (χ0v) is 16.1. The van der Waals surface area contributed by atoms with Crippen LogP contribution in [0.3, 0.4) is 0 Å². The molecule has 14 heteroatoms. The number of pyridine rings is 1. The summed E-state index contributed by atoms with van der Waals surface area (Å²) in [5, 5.41) is 14.5. The van der Waals surface area contributed by atoms with Crippen molar-refractivity contribution < 1.29 is 18.0 Å². The molecule has 164 valence electrons. The van der Waals surface area contributed by atoms with Crippen LogP contribution in [0.15, 0.2) is 46.4 Å². The number of nitrogens with zero attached hydrogens (tertiary/aromatic N) is 5. The SMILES string of the molecule is N=Cc1cc(N=C(N)/N=C/c2cccc(NC(=O)c3n[nH]c(C(F)(F)F)n3)n2)ccc1N. The van der Waals surface area contributed by atoms with E-state index in [0.717, 1.165) is 6.21 Å². The summed E-state index contributed by atoms with van der Waals surface area (Å²) in [7, 11) is 0. The van der Waals surface area contributed by atoms with Gasteiger partial charge in [-0.2, -0.15) is 18.2 Å². The molecule has 0 saturated carbocycles. The molecule has 2 aromatic heterocycles. The Morgan fingerprint density at radius 1 is 1.22 bits per heavy atom. The first kappa shape index (κ1) is 22.1. The molecule has 0 unspecified atom stereocenters. The molecule has 3 rings (SSSR count). The van der Waals surface area contributed by atoms with Crippen molar-refractivity contribution in [2.45, 2.75) is 6.18 Å². The Morgan fingerprint density at radius 3 is 2.69 bits per heavy atom. The number of alkyl halides is 3. The lowest BCUT2D eigenvalue weighted by Crippen LogP contribution is -2.16. The van der Waals surface area contributed by atoms with E-state index in [1.54, 1.807) is 29.4 Å². The van der Waals surface area contributed by atoms with Gasteiger partial charge in [0.1, 0.15) is 5.82 Å². The van der Waals surface area contributed by atoms with E-state index in [1.165, 1.54) is 18.3 Å². The Balaban J connectivity index is 1.70. The lowest BCUT2D eigenvalue weighted by atomic mass is 10.2. The van der Waals surface area contributed by atoms with Gasteiger partial charge in [0.25, 0.3) is 5.91 Å². The number of amides is 1. The molecular formula is C18H15F3N10O. The maximum absolute atomic E-state index is 12.6. The molecule has 0 fully saturated rings. The standard InChI is InChI=1S/C18H15F3N10O/c19-18(20,21)16-29-14(30-31-16)15(32)28-13-3-1-2-11(26-13)8-25-17(24)27-10-4-5-12(23)9(6-10)7-22/h1-8,22H,23H2,(H2,24,27)(H,26,28,32)(H,29,30,31)/b22-7?,25-8+. The van der Waals surface area contributed by atoms with Gasteiger partial charge in [0.15, 0.2) is 0 Å². The van der Waals surface area contributed by atoms with Crippen LogP contribution in [0.25, 0.3) is 0 Å². The molecule has 0 saturated heterocycles. The zero-order valence-electron chi connectivity index (χ0n) is 16.1. The average molecular weight is 444 g/mol. The summed E-state index contributed by atoms with van der Waals surface area (Å²) in [6.07, 6.45) is -2.40. The Labute approximate surface area is 178 Å². The van der Waals surface area contributed by atoms with Gasteiger partial charge in [-0.05, 0) is 30.3 Å². The fourth-order valence-corrected chi connectivity index (χ4v) is 2.31. The van der Waals surface area contributed by atoms with Crippen LogP contribution in [0.1, 0.15) is 27.7 Å². The fourth-order valence-electron chi connectivity index (χ4n) is 2.31. The monoisotopic (exact) mass is 444 g/mol. The summed E-state index contributed by atoms with van der Waals surface area (Å²) in [6, 6.07) is 9.25. The van der Waals surface area contributed by atoms with Crippen LogP contribution in [0, 0.1) is 5.41 Å². The first-order valence-electron chi connectivity index (χ1n) is 8.72. The molecule has 1 aromatic carbocycles. The van der Waals surface area contributed by atoms with Gasteiger partial charge < -0.3 is 22.2 Å². The number of carbonyl (C=O) groups is 1. The number of aromatic amines is 1. The molecule has 32 heavy (non-hydrogen) atoms. The number of rotatable bonds is 5. The summed E-state index contributed by atoms with van der Waals surface area (Å²) in [4.78, 5) is 27.3. The third kappa shape index (κ3) is 5.50. The number of hydrogen-bond donors (Lipinski definition) is 5. The van der Waals surface area contributed by atoms with Gasteiger partial charge >= 0.3 is 6.18 Å². The van der Waals surface area contributed by atoms with Crippen LogP contribution in [-0.4, -0.2) is 44.5 Å². The van der Waals surface area contributed by atoms with Crippen molar-refractivity contribution >= 4 is 41.5 Å². The number of carbonyl (C=O) groups excluding carboxylic acids is 1. The maximum Gasteiger partial charge on any atom is 0.451 e. The number of aliphatic imine (C=N–C) groups is 2. The van der Waals surface area contributed by atoms with Crippen molar-refractivity contribution in [3.05, 3.63) is 59.3 Å². The maximum atomic E-state index is 12.6. The fraction of sp³-hybridized carbons (Fsp3) is 0.0556. The second-order valence-electron chi connectivity index (χ2n) is 6.09. The largest absolute Gasteiger partial charge is 0.451 e. The van der Waals surface area contributed by atoms with Gasteiger partial charge in [0, 0.05) is 17.5 Å². The Kier molecular flexibility index (Phi) is 6.23. The molecular weight excluding hydrogens is 429 g/mol. The number of nitrogens with one attached hydrogen (secondary N) is 3. The van der Waals surface area contributed by atoms with E-state index in [2.05, 4.69) is 30.4 Å². The molecule has 0 atom stereocenters. The quantitative estimate of drug-likeness (QED) is 0.228. The number of anilines is 2. The summed E-state index contributed by atoms with van der Waals surface area (Å²) < 4.78 is 37.7. The molecule has 3 aromatic rings. The van der Waals surface area contributed by atoms with Crippen molar-refractivity contribution in [3.8, 4) is 0 Å². The molecule has 0 spiro atoms. The number of nitrogen functional groups attached to an aromatic ring is 1. The van der Waals surface area contributed by atoms with Crippen molar-refractivity contribution in [1.82, 2.24) is 20.2 Å². The molecule has 7 N–H and O–H groups in total. The first-order chi connectivity index (χ1) is 15.2. The normalized spacial score (nSPS) is 12.2. The van der Waals surface area contributed by atoms with Crippen LogP contribution in [-0.2, 0) is 6.18 Å². The highest BCUT2D eigenvalue weighted by Crippen LogP contribution is 2.25. The molecule has 0 aliphatic carbocycles. The minimum atomic E-state index is -4.75. The second kappa shape index (κ2) is 9.03. The van der Waals surface area contributed by atoms with Crippen molar-refractivity contribution in [2.24, 2.45) is 15.7 Å². The second-order valence-corrected chi connectivity index (χ2v) is 6.09. The number of halogens is 3. The smallest absolute Gasteiger partial charge is 0.398 e. The van der Waals surface area contributed by atoms with Crippen molar-refractivity contribution in [3.63, 3.8) is 0 Å². The van der Waals surface area contributed by atoms with E-state index in [9.17, 15) is 18.0 Å². The Hall–Kier alpha value is -4.62. The number of hydrogen-bond acceptors (Lipinski definition) is 7. The highest BCUT2D eigenvalue weighted by molar-refractivity contribution is 6.01. The molecule has 11 nitrogen and oxygen atoms in total. The number of nitrogens with two attached hydrogens (primary N) is 2. The number of benzene rings is 1. The summed E-state index contributed by atoms with van der Waals surface area (Å²) in [6.45, 7) is 0. The van der Waals surface area contributed by atoms with Gasteiger partial charge in [-0.15, -0.1) is 5.10 Å². The number of aromatic nitrogens is 4. The third-order valence-corrected chi connectivity index (χ3v) is 3.77. The van der Waals surface area contributed by atoms with E-state index < -0.39 is 23.7 Å². The highest BCUT2D eigenvalue weighted by Gasteiger charge is 2.36. The van der Waals surface area contributed by atoms with Crippen LogP contribution < -0.4 is 16.8 Å². The van der Waals surface area contributed by atoms with Gasteiger partial charge in [-0.1, -0.05) is 6.07 Å². The van der Waals surface area contributed by atoms with E-state index in [0.29, 0.717) is 16.9 Å². The topological polar surface area (TPSA) is 184 Å². The summed E-state index contributed by atoms with van der Waals surface area (Å²) in [5.74, 6) is -3.14. The predicted octanol–water partition coefficient (Wildman–Crippen LogP) is 2.12. The molecule has 0 aliphatic heterocycles. The zero-order chi connectivity index (χ0) is 23.3. The predicted molar refractivity (Wildman–Crippen MR) is 111 cm³/mol.